The number of hydrogen-bond acceptors (Lipinski definition) is 5. The van der Waals surface area contributed by atoms with Gasteiger partial charge in [0.25, 0.3) is 5.56 Å². The molecule has 1 aliphatic heterocycles. The van der Waals surface area contributed by atoms with Gasteiger partial charge in [0.05, 0.1) is 9.92 Å². The second-order valence-electron chi connectivity index (χ2n) is 8.23. The fraction of sp³-hybridized carbons (Fsp3) is 0.348. The molecule has 0 amide bonds. The second-order valence-corrected chi connectivity index (χ2v) is 10.8. The summed E-state index contributed by atoms with van der Waals surface area (Å²) < 4.78 is 56.5. The van der Waals surface area contributed by atoms with Crippen LogP contribution >= 0.6 is 11.6 Å². The van der Waals surface area contributed by atoms with E-state index in [9.17, 15) is 22.0 Å². The third-order valence-corrected chi connectivity index (χ3v) is 7.90. The molecule has 0 saturated carbocycles. The molecule has 10 heteroatoms. The minimum atomic E-state index is -4.68. The predicted octanol–water partition coefficient (Wildman–Crippen LogP) is 4.61. The Bertz CT molecular complexity index is 1310. The number of aromatic nitrogens is 1. The summed E-state index contributed by atoms with van der Waals surface area (Å²) in [6, 6.07) is 10.8. The molecule has 1 saturated heterocycles. The highest BCUT2D eigenvalue weighted by Gasteiger charge is 2.40. The monoisotopic (exact) mass is 496 g/mol. The first-order valence-corrected chi connectivity index (χ1v) is 12.3. The number of rotatable bonds is 6. The lowest BCUT2D eigenvalue weighted by molar-refractivity contribution is 0.0970. The van der Waals surface area contributed by atoms with Gasteiger partial charge in [-0.05, 0) is 54.1 Å². The van der Waals surface area contributed by atoms with Gasteiger partial charge in [0.2, 0.25) is 9.84 Å². The first-order chi connectivity index (χ1) is 15.5. The van der Waals surface area contributed by atoms with E-state index in [0.717, 1.165) is 36.9 Å². The van der Waals surface area contributed by atoms with Crippen molar-refractivity contribution in [1.82, 2.24) is 9.88 Å². The number of nitrogens with one attached hydrogen (secondary N) is 1. The number of pyridine rings is 1. The number of ether oxygens (including phenoxy) is 1. The van der Waals surface area contributed by atoms with Gasteiger partial charge in [-0.25, -0.2) is 8.42 Å². The van der Waals surface area contributed by atoms with Gasteiger partial charge in [-0.3, -0.25) is 9.69 Å². The number of H-pyrrole nitrogens is 1. The van der Waals surface area contributed by atoms with Gasteiger partial charge in [-0.2, -0.15) is 8.78 Å². The molecular weight excluding hydrogens is 474 g/mol. The smallest absolute Gasteiger partial charge is 0.347 e. The number of fused-ring (bicyclic) bond motifs is 1. The number of hydrogen-bond donors (Lipinski definition) is 1. The molecule has 1 fully saturated rings. The summed E-state index contributed by atoms with van der Waals surface area (Å²) in [6.07, 6.45) is 3.07. The Labute approximate surface area is 195 Å². The number of piperidine rings is 1. The number of benzene rings is 2. The first-order valence-electron chi connectivity index (χ1n) is 10.5. The van der Waals surface area contributed by atoms with E-state index < -0.39 is 15.1 Å². The van der Waals surface area contributed by atoms with E-state index in [-0.39, 0.29) is 16.6 Å². The van der Waals surface area contributed by atoms with Crippen molar-refractivity contribution in [2.45, 2.75) is 42.6 Å². The lowest BCUT2D eigenvalue weighted by atomic mass is 10.1. The Balaban J connectivity index is 1.36. The Morgan fingerprint density at radius 1 is 1.15 bits per heavy atom. The topological polar surface area (TPSA) is 79.5 Å². The Morgan fingerprint density at radius 3 is 2.45 bits per heavy atom. The largest absolute Gasteiger partial charge is 0.489 e. The maximum absolute atomic E-state index is 13.3. The summed E-state index contributed by atoms with van der Waals surface area (Å²) in [5.74, 6) is 0.540. The first kappa shape index (κ1) is 23.7. The van der Waals surface area contributed by atoms with Crippen molar-refractivity contribution in [3.05, 3.63) is 69.6 Å². The Kier molecular flexibility index (Phi) is 6.48. The van der Waals surface area contributed by atoms with Crippen LogP contribution < -0.4 is 10.3 Å². The van der Waals surface area contributed by atoms with Crippen molar-refractivity contribution in [3.8, 4) is 5.75 Å². The zero-order valence-corrected chi connectivity index (χ0v) is 19.4. The van der Waals surface area contributed by atoms with E-state index in [0.29, 0.717) is 29.6 Å². The van der Waals surface area contributed by atoms with Crippen molar-refractivity contribution >= 4 is 32.2 Å². The predicted molar refractivity (Wildman–Crippen MR) is 123 cm³/mol. The van der Waals surface area contributed by atoms with Gasteiger partial charge in [0, 0.05) is 38.1 Å². The molecular formula is C23H23ClF2N2O4S. The van der Waals surface area contributed by atoms with Crippen molar-refractivity contribution < 1.29 is 21.9 Å². The summed E-state index contributed by atoms with van der Waals surface area (Å²) in [7, 11) is -4.68. The summed E-state index contributed by atoms with van der Waals surface area (Å²) >= 11 is 6.33. The lowest BCUT2D eigenvalue weighted by Gasteiger charge is -2.32. The highest BCUT2D eigenvalue weighted by molar-refractivity contribution is 7.92. The van der Waals surface area contributed by atoms with Gasteiger partial charge in [-0.15, -0.1) is 0 Å². The van der Waals surface area contributed by atoms with E-state index in [1.807, 2.05) is 0 Å². The number of nitrogens with zero attached hydrogens (tertiary/aromatic N) is 1. The van der Waals surface area contributed by atoms with E-state index in [1.165, 1.54) is 12.1 Å². The molecule has 1 N–H and O–H groups in total. The third kappa shape index (κ3) is 5.05. The van der Waals surface area contributed by atoms with Gasteiger partial charge in [0.1, 0.15) is 11.9 Å². The molecule has 0 atom stereocenters. The molecule has 6 nitrogen and oxygen atoms in total. The van der Waals surface area contributed by atoms with Crippen LogP contribution in [0.1, 0.15) is 25.3 Å². The highest BCUT2D eigenvalue weighted by Crippen LogP contribution is 2.31. The number of sulfone groups is 1. The number of alkyl halides is 2. The molecule has 0 radical (unpaired) electrons. The van der Waals surface area contributed by atoms with Crippen LogP contribution in [0, 0.1) is 0 Å². The van der Waals surface area contributed by atoms with E-state index in [2.05, 4.69) is 9.88 Å². The molecule has 4 rings (SSSR count). The number of aromatic amines is 1. The van der Waals surface area contributed by atoms with Gasteiger partial charge < -0.3 is 9.72 Å². The van der Waals surface area contributed by atoms with Crippen LogP contribution in [-0.2, 0) is 16.4 Å². The Hall–Kier alpha value is -2.49. The molecule has 33 heavy (non-hydrogen) atoms. The second kappa shape index (κ2) is 9.04. The highest BCUT2D eigenvalue weighted by atomic mass is 35.5. The molecule has 2 aromatic carbocycles. The minimum absolute atomic E-state index is 0.0301. The zero-order chi connectivity index (χ0) is 23.8. The van der Waals surface area contributed by atoms with Gasteiger partial charge in [0.15, 0.2) is 0 Å². The molecule has 2 heterocycles. The fourth-order valence-electron chi connectivity index (χ4n) is 3.88. The molecule has 1 aliphatic rings. The van der Waals surface area contributed by atoms with Crippen LogP contribution in [0.2, 0.25) is 5.02 Å². The van der Waals surface area contributed by atoms with Crippen molar-refractivity contribution in [2.75, 3.05) is 13.1 Å². The molecule has 1 aromatic heterocycles. The molecule has 0 unspecified atom stereocenters. The van der Waals surface area contributed by atoms with Crippen molar-refractivity contribution in [2.24, 2.45) is 0 Å². The van der Waals surface area contributed by atoms with Crippen LogP contribution in [0.15, 0.2) is 58.4 Å². The SMILES string of the molecule is CC(F)(F)S(=O)(=O)c1ccc(CN2CCC(Oc3cc4cc[nH]c(=O)c4cc3Cl)CC2)cc1. The zero-order valence-electron chi connectivity index (χ0n) is 17.9. The quantitative estimate of drug-likeness (QED) is 0.539. The van der Waals surface area contributed by atoms with Crippen LogP contribution in [-0.4, -0.2) is 42.7 Å². The molecule has 0 bridgehead atoms. The average molecular weight is 497 g/mol. The molecule has 176 valence electrons. The molecule has 0 aliphatic carbocycles. The maximum Gasteiger partial charge on any atom is 0.347 e. The third-order valence-electron chi connectivity index (χ3n) is 5.77. The Morgan fingerprint density at radius 2 is 1.82 bits per heavy atom. The fourth-order valence-corrected chi connectivity index (χ4v) is 5.00. The van der Waals surface area contributed by atoms with Crippen LogP contribution in [0.5, 0.6) is 5.75 Å². The number of halogens is 3. The van der Waals surface area contributed by atoms with E-state index in [4.69, 9.17) is 16.3 Å². The van der Waals surface area contributed by atoms with Crippen molar-refractivity contribution in [1.29, 1.82) is 0 Å². The van der Waals surface area contributed by atoms with E-state index in [1.54, 1.807) is 36.5 Å². The van der Waals surface area contributed by atoms with E-state index >= 15 is 0 Å². The van der Waals surface area contributed by atoms with Gasteiger partial charge in [-0.1, -0.05) is 23.7 Å². The average Bonchev–Trinajstić information content (AvgIpc) is 2.76. The normalized spacial score (nSPS) is 16.2. The van der Waals surface area contributed by atoms with Crippen molar-refractivity contribution in [3.63, 3.8) is 0 Å². The minimum Gasteiger partial charge on any atom is -0.489 e. The summed E-state index contributed by atoms with van der Waals surface area (Å²) in [5.41, 5.74) is 0.638. The summed E-state index contributed by atoms with van der Waals surface area (Å²) in [4.78, 5) is 16.3. The summed E-state index contributed by atoms with van der Waals surface area (Å²) in [5, 5.41) is -2.18. The number of likely N-dealkylation sites (tertiary alicyclic amines) is 1. The lowest BCUT2D eigenvalue weighted by Crippen LogP contribution is -2.37. The van der Waals surface area contributed by atoms with Crippen LogP contribution in [0.3, 0.4) is 0 Å². The standard InChI is InChI=1S/C23H23ClF2N2O4S/c1-23(25,26)33(30,31)18-4-2-15(3-5-18)14-28-10-7-17(8-11-28)32-21-12-16-6-9-27-22(29)19(16)13-20(21)24/h2-6,9,12-13,17H,7-8,10-11,14H2,1H3,(H,27,29). The molecule has 0 spiro atoms. The summed E-state index contributed by atoms with van der Waals surface area (Å²) in [6.45, 7) is 2.47. The maximum atomic E-state index is 13.3. The van der Waals surface area contributed by atoms with Gasteiger partial charge >= 0.3 is 5.25 Å². The van der Waals surface area contributed by atoms with Crippen LogP contribution in [0.4, 0.5) is 8.78 Å². The van der Waals surface area contributed by atoms with Crippen LogP contribution in [0.25, 0.3) is 10.8 Å². The molecule has 3 aromatic rings.